The molecule has 7 rings (SSSR count). The third-order valence-corrected chi connectivity index (χ3v) is 16.6. The molecule has 7 aliphatic rings. The summed E-state index contributed by atoms with van der Waals surface area (Å²) in [5.41, 5.74) is -4.24. The summed E-state index contributed by atoms with van der Waals surface area (Å²) < 4.78 is 18.1. The van der Waals surface area contributed by atoms with E-state index in [9.17, 15) is 24.9 Å². The highest BCUT2D eigenvalue weighted by atomic mass is 35.5. The van der Waals surface area contributed by atoms with Gasteiger partial charge in [-0.25, -0.2) is 0 Å². The fourth-order valence-corrected chi connectivity index (χ4v) is 13.8. The Hall–Kier alpha value is -0.900. The van der Waals surface area contributed by atoms with Gasteiger partial charge in [0.1, 0.15) is 29.7 Å². The molecular weight excluding hydrogens is 595 g/mol. The molecule has 0 aromatic carbocycles. The fourth-order valence-electron chi connectivity index (χ4n) is 12.8. The number of aliphatic hydroxyl groups excluding tert-OH is 2. The van der Waals surface area contributed by atoms with E-state index in [0.29, 0.717) is 6.42 Å². The van der Waals surface area contributed by atoms with E-state index in [1.807, 2.05) is 20.8 Å². The molecule has 0 bridgehead atoms. The predicted octanol–water partition coefficient (Wildman–Crippen LogP) is 3.90. The van der Waals surface area contributed by atoms with Gasteiger partial charge in [-0.3, -0.25) is 9.59 Å². The van der Waals surface area contributed by atoms with Crippen LogP contribution in [-0.2, 0) is 23.8 Å². The van der Waals surface area contributed by atoms with Crippen LogP contribution in [0.1, 0.15) is 61.8 Å². The Kier molecular flexibility index (Phi) is 6.23. The summed E-state index contributed by atoms with van der Waals surface area (Å²) in [6, 6.07) is 0. The number of halogens is 2. The van der Waals surface area contributed by atoms with Gasteiger partial charge >= 0.3 is 5.97 Å². The second-order valence-electron chi connectivity index (χ2n) is 16.1. The van der Waals surface area contributed by atoms with Gasteiger partial charge in [-0.15, -0.1) is 11.6 Å². The summed E-state index contributed by atoms with van der Waals surface area (Å²) in [6.45, 7) is 19.5. The van der Waals surface area contributed by atoms with Gasteiger partial charge in [-0.2, -0.15) is 0 Å². The highest BCUT2D eigenvalue weighted by Gasteiger charge is 2.85. The number of hydrogen-bond donors (Lipinski definition) is 3. The number of carbonyl (C=O) groups is 2. The second-order valence-corrected chi connectivity index (χ2v) is 17.1. The van der Waals surface area contributed by atoms with Crippen LogP contribution >= 0.6 is 23.2 Å². The molecule has 8 nitrogen and oxygen atoms in total. The summed E-state index contributed by atoms with van der Waals surface area (Å²) >= 11 is 14.5. The lowest BCUT2D eigenvalue weighted by molar-refractivity contribution is -0.234. The second kappa shape index (κ2) is 8.71. The third-order valence-electron chi connectivity index (χ3n) is 15.1. The number of ether oxygens (including phenoxy) is 3. The van der Waals surface area contributed by atoms with Crippen LogP contribution in [0.3, 0.4) is 0 Å². The van der Waals surface area contributed by atoms with Crippen LogP contribution < -0.4 is 0 Å². The first kappa shape index (κ1) is 30.7. The summed E-state index contributed by atoms with van der Waals surface area (Å²) in [5.74, 6) is -3.58. The lowest BCUT2D eigenvalue weighted by Crippen LogP contribution is -2.71. The van der Waals surface area contributed by atoms with Gasteiger partial charge in [0, 0.05) is 30.1 Å². The van der Waals surface area contributed by atoms with Crippen molar-refractivity contribution < 1.29 is 39.1 Å². The van der Waals surface area contributed by atoms with Crippen LogP contribution in [0.4, 0.5) is 0 Å². The Morgan fingerprint density at radius 2 is 1.65 bits per heavy atom. The quantitative estimate of drug-likeness (QED) is 0.224. The van der Waals surface area contributed by atoms with E-state index in [0.717, 1.165) is 0 Å². The molecule has 0 aromatic heterocycles. The third kappa shape index (κ3) is 3.11. The van der Waals surface area contributed by atoms with Crippen molar-refractivity contribution in [2.24, 2.45) is 69.5 Å². The molecule has 7 fully saturated rings. The van der Waals surface area contributed by atoms with Crippen molar-refractivity contribution in [1.82, 2.24) is 0 Å². The normalized spacial score (nSPS) is 64.8. The number of rotatable bonds is 1. The molecule has 0 aromatic rings. The van der Waals surface area contributed by atoms with Crippen molar-refractivity contribution in [2.45, 2.75) is 108 Å². The molecule has 6 unspecified atom stereocenters. The van der Waals surface area contributed by atoms with Crippen LogP contribution in [0.5, 0.6) is 0 Å². The number of ketones is 1. The number of carbonyl (C=O) groups excluding carboxylic acids is 2. The summed E-state index contributed by atoms with van der Waals surface area (Å²) in [6.07, 6.45) is -2.97. The maximum absolute atomic E-state index is 14.2. The summed E-state index contributed by atoms with van der Waals surface area (Å²) in [4.78, 5) is 26.6. The molecular formula is C33H46Cl2O8. The molecule has 2 aliphatic heterocycles. The molecule has 5 aliphatic carbocycles. The van der Waals surface area contributed by atoms with E-state index in [-0.39, 0.29) is 53.3 Å². The Morgan fingerprint density at radius 3 is 2.26 bits per heavy atom. The highest BCUT2D eigenvalue weighted by molar-refractivity contribution is 6.32. The number of fused-ring (bicyclic) bond motifs is 10. The van der Waals surface area contributed by atoms with Crippen LogP contribution in [0.2, 0.25) is 0 Å². The van der Waals surface area contributed by atoms with Gasteiger partial charge in [-0.1, -0.05) is 59.7 Å². The molecule has 0 radical (unpaired) electrons. The minimum absolute atomic E-state index is 0.00492. The predicted molar refractivity (Wildman–Crippen MR) is 158 cm³/mol. The van der Waals surface area contributed by atoms with E-state index in [1.54, 1.807) is 6.92 Å². The molecule has 5 saturated carbocycles. The van der Waals surface area contributed by atoms with Gasteiger partial charge < -0.3 is 29.5 Å². The molecule has 2 saturated heterocycles. The zero-order valence-corrected chi connectivity index (χ0v) is 27.7. The molecule has 20 atom stereocenters. The van der Waals surface area contributed by atoms with E-state index < -0.39 is 80.2 Å². The smallest absolute Gasteiger partial charge is 0.303 e. The molecule has 0 amide bonds. The molecule has 3 N–H and O–H groups in total. The highest BCUT2D eigenvalue weighted by Crippen LogP contribution is 2.80. The van der Waals surface area contributed by atoms with Crippen molar-refractivity contribution in [2.75, 3.05) is 0 Å². The van der Waals surface area contributed by atoms with Crippen molar-refractivity contribution in [1.29, 1.82) is 0 Å². The number of epoxide rings is 1. The fraction of sp³-hybridized carbons (Fsp3) is 0.879. The van der Waals surface area contributed by atoms with Gasteiger partial charge in [-0.05, 0) is 54.3 Å². The van der Waals surface area contributed by atoms with Crippen LogP contribution in [0, 0.1) is 69.5 Å². The van der Waals surface area contributed by atoms with Gasteiger partial charge in [0.25, 0.3) is 0 Å². The van der Waals surface area contributed by atoms with Crippen molar-refractivity contribution in [3.63, 3.8) is 0 Å². The Morgan fingerprint density at radius 1 is 1.02 bits per heavy atom. The minimum atomic E-state index is -1.61. The molecule has 10 heteroatoms. The van der Waals surface area contributed by atoms with E-state index in [2.05, 4.69) is 27.4 Å². The molecule has 43 heavy (non-hydrogen) atoms. The van der Waals surface area contributed by atoms with Crippen LogP contribution in [-0.4, -0.2) is 73.6 Å². The number of alkyl halides is 2. The Balaban J connectivity index is 1.43. The first-order chi connectivity index (χ1) is 19.7. The topological polar surface area (TPSA) is 126 Å². The van der Waals surface area contributed by atoms with E-state index in [4.69, 9.17) is 37.4 Å². The number of Topliss-reactive ketones (excluding diaryl/α,β-unsaturated/α-hetero) is 1. The van der Waals surface area contributed by atoms with Crippen molar-refractivity contribution in [3.05, 3.63) is 12.3 Å². The zero-order valence-electron chi connectivity index (χ0n) is 26.2. The number of hydrogen-bond acceptors (Lipinski definition) is 8. The van der Waals surface area contributed by atoms with Gasteiger partial charge in [0.05, 0.1) is 23.0 Å². The lowest BCUT2D eigenvalue weighted by Gasteiger charge is -2.66. The lowest BCUT2D eigenvalue weighted by atomic mass is 9.38. The monoisotopic (exact) mass is 640 g/mol. The van der Waals surface area contributed by atoms with Gasteiger partial charge in [0.2, 0.25) is 5.06 Å². The van der Waals surface area contributed by atoms with Crippen LogP contribution in [0.25, 0.3) is 0 Å². The molecule has 240 valence electrons. The Bertz CT molecular complexity index is 1310. The average Bonchev–Trinajstić information content (AvgIpc) is 3.63. The van der Waals surface area contributed by atoms with Gasteiger partial charge in [0.15, 0.2) is 5.78 Å². The Labute approximate surface area is 263 Å². The zero-order chi connectivity index (χ0) is 31.7. The number of esters is 1. The standard InChI is InChI=1S/C33H46Cl2O8/c1-11-13(3)29(6)20-12(2)27(34)33(35)31(8,32(9,40)14(4)43-33)22(20)25(39)21(29)18-19(11)30(7)16(23(37)24(18)38)10-17-26(42-17)28(30)41-15(5)36/h11-13,16-22,24-28,38-40H,4,10H2,1-3,5-9H3/t11?,12-,13-,16+,17-,18?,19?,20-,21+,22-,24?,25+,26-,27?,28-,29+,30-,31-,32+,33?/m0/s1. The molecule has 2 heterocycles. The van der Waals surface area contributed by atoms with E-state index in [1.165, 1.54) is 6.92 Å². The first-order valence-electron chi connectivity index (χ1n) is 15.9. The minimum Gasteiger partial charge on any atom is -0.471 e. The maximum atomic E-state index is 14.2. The number of aliphatic hydroxyl groups is 3. The SMILES string of the molecule is C=C1OC2(Cl)C(Cl)[C@@H](C)[C@H]3[C@@H]([C@H](O)[C@H]4C5C(O)C(=O)[C@H]6C[C@@H]7O[C@@H]7[C@H](OC(C)=O)[C@]6(C)C5C(C)[C@H](C)[C@]34C)[C@@]2(C)[C@]1(C)O. The summed E-state index contributed by atoms with van der Waals surface area (Å²) in [7, 11) is 0. The van der Waals surface area contributed by atoms with E-state index >= 15 is 0 Å². The first-order valence-corrected chi connectivity index (χ1v) is 16.7. The van der Waals surface area contributed by atoms with Crippen molar-refractivity contribution >= 4 is 35.0 Å². The van der Waals surface area contributed by atoms with Crippen LogP contribution in [0.15, 0.2) is 12.3 Å². The molecule has 0 spiro atoms. The maximum Gasteiger partial charge on any atom is 0.303 e. The average molecular weight is 642 g/mol. The van der Waals surface area contributed by atoms with Crippen molar-refractivity contribution in [3.8, 4) is 0 Å². The summed E-state index contributed by atoms with van der Waals surface area (Å²) in [5, 5.41) is 34.5. The largest absolute Gasteiger partial charge is 0.471 e.